The molecule has 0 spiro atoms. The molecule has 0 bridgehead atoms. The van der Waals surface area contributed by atoms with E-state index in [0.29, 0.717) is 44.1 Å². The fraction of sp³-hybridized carbons (Fsp3) is 0.565. The van der Waals surface area contributed by atoms with Gasteiger partial charge in [0, 0.05) is 24.7 Å². The summed E-state index contributed by atoms with van der Waals surface area (Å²) < 4.78 is 44.6. The van der Waals surface area contributed by atoms with Crippen LogP contribution in [0, 0.1) is 5.92 Å². The first-order valence-corrected chi connectivity index (χ1v) is 12.1. The van der Waals surface area contributed by atoms with Gasteiger partial charge in [-0.2, -0.15) is 28.1 Å². The lowest BCUT2D eigenvalue weighted by Crippen LogP contribution is -2.44. The van der Waals surface area contributed by atoms with Gasteiger partial charge in [0.1, 0.15) is 6.04 Å². The van der Waals surface area contributed by atoms with Crippen LogP contribution >= 0.6 is 0 Å². The molecule has 1 aliphatic heterocycles. The maximum Gasteiger partial charge on any atom is 0.408 e. The van der Waals surface area contributed by atoms with Gasteiger partial charge in [-0.15, -0.1) is 0 Å². The summed E-state index contributed by atoms with van der Waals surface area (Å²) in [5.74, 6) is -1.70. The minimum atomic E-state index is -4.61. The zero-order chi connectivity index (χ0) is 26.7. The number of nitrogen functional groups attached to an aromatic ring is 1. The molecule has 2 aliphatic rings. The van der Waals surface area contributed by atoms with E-state index in [0.717, 1.165) is 26.2 Å². The van der Waals surface area contributed by atoms with Crippen molar-refractivity contribution in [2.75, 3.05) is 30.3 Å². The number of carbonyl (C=O) groups excluding carboxylic acids is 2. The van der Waals surface area contributed by atoms with Gasteiger partial charge in [0.2, 0.25) is 11.8 Å². The summed E-state index contributed by atoms with van der Waals surface area (Å²) in [4.78, 5) is 42.7. The summed E-state index contributed by atoms with van der Waals surface area (Å²) >= 11 is 0. The predicted molar refractivity (Wildman–Crippen MR) is 127 cm³/mol. The lowest BCUT2D eigenvalue weighted by atomic mass is 9.86. The Morgan fingerprint density at radius 3 is 2.43 bits per heavy atom. The summed E-state index contributed by atoms with van der Waals surface area (Å²) in [6, 6.07) is 1.17. The molecule has 2 aromatic rings. The number of nitrogens with two attached hydrogens (primary N) is 2. The maximum atomic E-state index is 13.0. The van der Waals surface area contributed by atoms with Gasteiger partial charge in [0.25, 0.3) is 11.8 Å². The van der Waals surface area contributed by atoms with E-state index in [2.05, 4.69) is 19.9 Å². The number of primary amides is 1. The van der Waals surface area contributed by atoms with Crippen molar-refractivity contribution in [3.63, 3.8) is 0 Å². The molecular weight excluding hydrogens is 493 g/mol. The number of nitrogens with one attached hydrogen (secondary N) is 1. The number of amides is 2. The molecule has 1 unspecified atom stereocenters. The maximum absolute atomic E-state index is 13.0. The van der Waals surface area contributed by atoms with Crippen LogP contribution in [0.25, 0.3) is 0 Å². The van der Waals surface area contributed by atoms with Gasteiger partial charge in [-0.25, -0.2) is 4.98 Å². The molecule has 1 atom stereocenters. The summed E-state index contributed by atoms with van der Waals surface area (Å²) in [6.07, 6.45) is -0.242. The lowest BCUT2D eigenvalue weighted by Gasteiger charge is -2.32. The van der Waals surface area contributed by atoms with Crippen LogP contribution in [0.2, 0.25) is 0 Å². The summed E-state index contributed by atoms with van der Waals surface area (Å²) in [6.45, 7) is 2.13. The molecule has 1 saturated carbocycles. The molecule has 37 heavy (non-hydrogen) atoms. The monoisotopic (exact) mass is 522 g/mol. The molecule has 1 saturated heterocycles. The normalized spacial score (nSPS) is 17.7. The van der Waals surface area contributed by atoms with Crippen LogP contribution in [-0.2, 0) is 0 Å². The fourth-order valence-electron chi connectivity index (χ4n) is 4.13. The van der Waals surface area contributed by atoms with Crippen LogP contribution in [0.15, 0.2) is 12.1 Å². The first kappa shape index (κ1) is 26.4. The van der Waals surface area contributed by atoms with Gasteiger partial charge in [0.05, 0.1) is 12.3 Å². The van der Waals surface area contributed by atoms with Crippen molar-refractivity contribution in [3.05, 3.63) is 29.3 Å². The minimum absolute atomic E-state index is 0.0153. The first-order valence-electron chi connectivity index (χ1n) is 12.1. The highest BCUT2D eigenvalue weighted by Crippen LogP contribution is 2.30. The smallest absolute Gasteiger partial charge is 0.408 e. The van der Waals surface area contributed by atoms with E-state index in [9.17, 15) is 22.8 Å². The zero-order valence-electron chi connectivity index (χ0n) is 20.3. The fourth-order valence-corrected chi connectivity index (χ4v) is 4.13. The van der Waals surface area contributed by atoms with Crippen molar-refractivity contribution in [2.24, 2.45) is 11.7 Å². The highest BCUT2D eigenvalue weighted by Gasteiger charge is 2.38. The highest BCUT2D eigenvalue weighted by molar-refractivity contribution is 5.95. The average molecular weight is 523 g/mol. The second-order valence-corrected chi connectivity index (χ2v) is 9.39. The van der Waals surface area contributed by atoms with Crippen molar-refractivity contribution in [1.29, 1.82) is 0 Å². The SMILES string of the molecule is CC(NC(=O)c1nc(OCC2CCC2)nc(N2CCC(c3ccc(N)c(C(N)=O)n3)CC2)n1)C(F)(F)F. The number of aromatic nitrogens is 4. The Kier molecular flexibility index (Phi) is 7.64. The Morgan fingerprint density at radius 1 is 1.14 bits per heavy atom. The minimum Gasteiger partial charge on any atom is -0.463 e. The molecule has 1 aliphatic carbocycles. The van der Waals surface area contributed by atoms with Gasteiger partial charge in [0.15, 0.2) is 5.69 Å². The van der Waals surface area contributed by atoms with Crippen molar-refractivity contribution in [1.82, 2.24) is 25.3 Å². The van der Waals surface area contributed by atoms with Gasteiger partial charge in [-0.1, -0.05) is 6.42 Å². The van der Waals surface area contributed by atoms with E-state index in [1.807, 2.05) is 10.2 Å². The number of hydrogen-bond donors (Lipinski definition) is 3. The average Bonchev–Trinajstić information content (AvgIpc) is 2.82. The molecule has 0 aromatic carbocycles. The van der Waals surface area contributed by atoms with Crippen LogP contribution in [0.3, 0.4) is 0 Å². The quantitative estimate of drug-likeness (QED) is 0.472. The van der Waals surface area contributed by atoms with Crippen LogP contribution < -0.4 is 26.4 Å². The third-order valence-electron chi connectivity index (χ3n) is 6.70. The van der Waals surface area contributed by atoms with Gasteiger partial charge >= 0.3 is 12.2 Å². The second kappa shape index (κ2) is 10.7. The summed E-state index contributed by atoms with van der Waals surface area (Å²) in [5, 5.41) is 1.88. The Hall–Kier alpha value is -3.71. The number of rotatable bonds is 8. The molecule has 14 heteroatoms. The Balaban J connectivity index is 1.50. The van der Waals surface area contributed by atoms with Crippen LogP contribution in [0.1, 0.15) is 71.7 Å². The number of piperidine rings is 1. The number of nitrogens with zero attached hydrogens (tertiary/aromatic N) is 5. The molecule has 2 aromatic heterocycles. The third-order valence-corrected chi connectivity index (χ3v) is 6.70. The highest BCUT2D eigenvalue weighted by atomic mass is 19.4. The molecule has 4 rings (SSSR count). The number of hydrogen-bond acceptors (Lipinski definition) is 9. The Morgan fingerprint density at radius 2 is 1.84 bits per heavy atom. The molecule has 2 fully saturated rings. The van der Waals surface area contributed by atoms with E-state index in [4.69, 9.17) is 16.2 Å². The van der Waals surface area contributed by atoms with E-state index in [-0.39, 0.29) is 29.3 Å². The number of anilines is 2. The second-order valence-electron chi connectivity index (χ2n) is 9.39. The number of pyridine rings is 1. The van der Waals surface area contributed by atoms with Crippen LogP contribution in [0.5, 0.6) is 6.01 Å². The predicted octanol–water partition coefficient (Wildman–Crippen LogP) is 2.19. The standard InChI is InChI=1S/C23H29F3N8O3/c1-12(23(24,25)26)29-20(36)19-31-21(33-22(32-19)37-11-13-3-2-4-13)34-9-7-14(8-10-34)16-6-5-15(27)17(30-16)18(28)35/h5-6,12-14H,2-4,7-11,27H2,1H3,(H2,28,35)(H,29,36). The van der Waals surface area contributed by atoms with E-state index < -0.39 is 29.9 Å². The van der Waals surface area contributed by atoms with E-state index in [1.165, 1.54) is 0 Å². The summed E-state index contributed by atoms with van der Waals surface area (Å²) in [7, 11) is 0. The summed E-state index contributed by atoms with van der Waals surface area (Å²) in [5.41, 5.74) is 12.0. The number of ether oxygens (including phenoxy) is 1. The van der Waals surface area contributed by atoms with Crippen molar-refractivity contribution < 1.29 is 27.5 Å². The molecule has 3 heterocycles. The van der Waals surface area contributed by atoms with Gasteiger partial charge in [-0.3, -0.25) is 9.59 Å². The molecular formula is C23H29F3N8O3. The lowest BCUT2D eigenvalue weighted by molar-refractivity contribution is -0.149. The zero-order valence-corrected chi connectivity index (χ0v) is 20.3. The Bertz CT molecular complexity index is 1150. The van der Waals surface area contributed by atoms with Crippen molar-refractivity contribution in [2.45, 2.75) is 57.2 Å². The number of alkyl halides is 3. The van der Waals surface area contributed by atoms with Crippen molar-refractivity contribution >= 4 is 23.5 Å². The largest absolute Gasteiger partial charge is 0.463 e. The Labute approximate surface area is 211 Å². The van der Waals surface area contributed by atoms with E-state index in [1.54, 1.807) is 12.1 Å². The van der Waals surface area contributed by atoms with Crippen molar-refractivity contribution in [3.8, 4) is 6.01 Å². The van der Waals surface area contributed by atoms with Gasteiger partial charge in [-0.05, 0) is 50.7 Å². The third kappa shape index (κ3) is 6.35. The topological polar surface area (TPSA) is 162 Å². The number of carbonyl (C=O) groups is 2. The molecule has 0 radical (unpaired) electrons. The van der Waals surface area contributed by atoms with Crippen LogP contribution in [-0.4, -0.2) is 63.7 Å². The first-order chi connectivity index (χ1) is 17.5. The number of halogens is 3. The van der Waals surface area contributed by atoms with Gasteiger partial charge < -0.3 is 26.4 Å². The molecule has 200 valence electrons. The van der Waals surface area contributed by atoms with E-state index >= 15 is 0 Å². The molecule has 5 N–H and O–H groups in total. The molecule has 11 nitrogen and oxygen atoms in total. The molecule has 2 amide bonds. The van der Waals surface area contributed by atoms with Crippen LogP contribution in [0.4, 0.5) is 24.8 Å².